The molecule has 3 nitrogen and oxygen atoms in total. The smallest absolute Gasteiger partial charge is 0.140 e. The number of imidazole rings is 1. The maximum absolute atomic E-state index is 5.96. The normalized spacial score (nSPS) is 13.0. The lowest BCUT2D eigenvalue weighted by Gasteiger charge is -2.12. The maximum Gasteiger partial charge on any atom is 0.140 e. The van der Waals surface area contributed by atoms with Crippen LogP contribution >= 0.6 is 0 Å². The lowest BCUT2D eigenvalue weighted by molar-refractivity contribution is 0.738. The highest BCUT2D eigenvalue weighted by atomic mass is 15.0. The first-order valence-corrected chi connectivity index (χ1v) is 8.31. The summed E-state index contributed by atoms with van der Waals surface area (Å²) >= 11 is 0. The Kier molecular flexibility index (Phi) is 4.22. The number of aryl methyl sites for hydroxylation is 1. The first-order valence-electron chi connectivity index (χ1n) is 8.31. The number of hydrogen-bond donors (Lipinski definition) is 1. The van der Waals surface area contributed by atoms with Crippen molar-refractivity contribution in [2.45, 2.75) is 39.5 Å². The predicted octanol–water partition coefficient (Wildman–Crippen LogP) is 4.50. The van der Waals surface area contributed by atoms with Crippen LogP contribution < -0.4 is 5.73 Å². The monoisotopic (exact) mass is 307 g/mol. The fourth-order valence-corrected chi connectivity index (χ4v) is 3.04. The van der Waals surface area contributed by atoms with Crippen molar-refractivity contribution < 1.29 is 0 Å². The highest BCUT2D eigenvalue weighted by Crippen LogP contribution is 2.31. The van der Waals surface area contributed by atoms with Gasteiger partial charge in [-0.15, -0.1) is 0 Å². The minimum absolute atomic E-state index is 0.256. The minimum Gasteiger partial charge on any atom is -0.330 e. The summed E-state index contributed by atoms with van der Waals surface area (Å²) in [7, 11) is 0. The summed E-state index contributed by atoms with van der Waals surface area (Å²) < 4.78 is 2.19. The highest BCUT2D eigenvalue weighted by Gasteiger charge is 2.19. The van der Waals surface area contributed by atoms with Crippen molar-refractivity contribution >= 4 is 5.65 Å². The Morgan fingerprint density at radius 1 is 1.09 bits per heavy atom. The maximum atomic E-state index is 5.96. The first kappa shape index (κ1) is 15.8. The van der Waals surface area contributed by atoms with Crippen LogP contribution in [0.5, 0.6) is 0 Å². The van der Waals surface area contributed by atoms with Crippen LogP contribution in [-0.2, 0) is 0 Å². The van der Waals surface area contributed by atoms with E-state index in [4.69, 9.17) is 10.7 Å². The Morgan fingerprint density at radius 2 is 1.78 bits per heavy atom. The summed E-state index contributed by atoms with van der Waals surface area (Å²) in [5.74, 6) is 0.793. The number of nitrogens with zero attached hydrogens (tertiary/aromatic N) is 2. The highest BCUT2D eigenvalue weighted by molar-refractivity contribution is 5.69. The van der Waals surface area contributed by atoms with Gasteiger partial charge >= 0.3 is 0 Å². The van der Waals surface area contributed by atoms with Crippen LogP contribution in [0.1, 0.15) is 49.4 Å². The van der Waals surface area contributed by atoms with Crippen LogP contribution in [0, 0.1) is 6.92 Å². The van der Waals surface area contributed by atoms with Crippen molar-refractivity contribution in [2.24, 2.45) is 5.73 Å². The van der Waals surface area contributed by atoms with Gasteiger partial charge < -0.3 is 10.1 Å². The molecule has 2 heterocycles. The van der Waals surface area contributed by atoms with E-state index >= 15 is 0 Å². The summed E-state index contributed by atoms with van der Waals surface area (Å²) in [6.07, 6.45) is 2.09. The molecule has 3 rings (SSSR count). The summed E-state index contributed by atoms with van der Waals surface area (Å²) in [6, 6.07) is 12.9. The topological polar surface area (TPSA) is 43.3 Å². The Balaban J connectivity index is 2.21. The van der Waals surface area contributed by atoms with E-state index in [1.165, 1.54) is 16.8 Å². The Bertz CT molecular complexity index is 813. The summed E-state index contributed by atoms with van der Waals surface area (Å²) in [6.45, 7) is 9.30. The van der Waals surface area contributed by atoms with Crippen molar-refractivity contribution in [1.82, 2.24) is 9.38 Å². The third-order valence-electron chi connectivity index (χ3n) is 4.55. The molecule has 0 aliphatic carbocycles. The van der Waals surface area contributed by atoms with Gasteiger partial charge in [0.25, 0.3) is 0 Å². The van der Waals surface area contributed by atoms with E-state index in [-0.39, 0.29) is 5.92 Å². The van der Waals surface area contributed by atoms with Gasteiger partial charge in [0.15, 0.2) is 0 Å². The van der Waals surface area contributed by atoms with Gasteiger partial charge in [-0.3, -0.25) is 0 Å². The SMILES string of the molecule is Cc1cccn2c(C(C)CN)c(-c3ccc(C(C)C)cc3)nc12. The molecule has 0 amide bonds. The Morgan fingerprint density at radius 3 is 2.39 bits per heavy atom. The van der Waals surface area contributed by atoms with Crippen LogP contribution in [0.15, 0.2) is 42.6 Å². The Hall–Kier alpha value is -2.13. The molecule has 3 aromatic rings. The van der Waals surface area contributed by atoms with E-state index in [1.807, 2.05) is 0 Å². The van der Waals surface area contributed by atoms with Gasteiger partial charge in [-0.1, -0.05) is 51.1 Å². The molecular weight excluding hydrogens is 282 g/mol. The molecule has 0 spiro atoms. The number of aromatic nitrogens is 2. The molecule has 23 heavy (non-hydrogen) atoms. The zero-order chi connectivity index (χ0) is 16.6. The van der Waals surface area contributed by atoms with E-state index in [0.29, 0.717) is 12.5 Å². The number of rotatable bonds is 4. The summed E-state index contributed by atoms with van der Waals surface area (Å²) in [5.41, 5.74) is 12.9. The van der Waals surface area contributed by atoms with E-state index in [1.54, 1.807) is 0 Å². The third-order valence-corrected chi connectivity index (χ3v) is 4.55. The molecule has 0 fully saturated rings. The molecule has 2 aromatic heterocycles. The van der Waals surface area contributed by atoms with E-state index < -0.39 is 0 Å². The first-order chi connectivity index (χ1) is 11.0. The van der Waals surface area contributed by atoms with Gasteiger partial charge in [0.2, 0.25) is 0 Å². The number of hydrogen-bond acceptors (Lipinski definition) is 2. The fraction of sp³-hybridized carbons (Fsp3) is 0.350. The van der Waals surface area contributed by atoms with Crippen LogP contribution in [0.3, 0.4) is 0 Å². The lowest BCUT2D eigenvalue weighted by Crippen LogP contribution is -2.12. The number of pyridine rings is 1. The van der Waals surface area contributed by atoms with Gasteiger partial charge in [0.1, 0.15) is 5.65 Å². The van der Waals surface area contributed by atoms with Gasteiger partial charge in [-0.2, -0.15) is 0 Å². The molecule has 1 unspecified atom stereocenters. The molecule has 2 N–H and O–H groups in total. The van der Waals surface area contributed by atoms with E-state index in [9.17, 15) is 0 Å². The van der Waals surface area contributed by atoms with Crippen LogP contribution in [0.4, 0.5) is 0 Å². The average molecular weight is 307 g/mol. The molecule has 1 atom stereocenters. The number of nitrogens with two attached hydrogens (primary N) is 1. The molecule has 0 aliphatic heterocycles. The van der Waals surface area contributed by atoms with Crippen molar-refractivity contribution in [1.29, 1.82) is 0 Å². The molecule has 0 saturated carbocycles. The zero-order valence-electron chi connectivity index (χ0n) is 14.4. The number of benzene rings is 1. The number of fused-ring (bicyclic) bond motifs is 1. The van der Waals surface area contributed by atoms with E-state index in [2.05, 4.69) is 74.7 Å². The van der Waals surface area contributed by atoms with Crippen LogP contribution in [0.2, 0.25) is 0 Å². The molecule has 3 heteroatoms. The Labute approximate surface area is 138 Å². The molecule has 0 bridgehead atoms. The second-order valence-corrected chi connectivity index (χ2v) is 6.64. The van der Waals surface area contributed by atoms with Gasteiger partial charge in [0, 0.05) is 24.2 Å². The van der Waals surface area contributed by atoms with Crippen LogP contribution in [0.25, 0.3) is 16.9 Å². The quantitative estimate of drug-likeness (QED) is 0.771. The van der Waals surface area contributed by atoms with Gasteiger partial charge in [0.05, 0.1) is 11.4 Å². The van der Waals surface area contributed by atoms with E-state index in [0.717, 1.165) is 16.9 Å². The standard InChI is InChI=1S/C20H25N3/c1-13(2)16-7-9-17(10-8-16)18-19(15(4)12-21)23-11-5-6-14(3)20(23)22-18/h5-11,13,15H,12,21H2,1-4H3. The fourth-order valence-electron chi connectivity index (χ4n) is 3.04. The van der Waals surface area contributed by atoms with Gasteiger partial charge in [-0.05, 0) is 30.0 Å². The molecule has 1 aromatic carbocycles. The second-order valence-electron chi connectivity index (χ2n) is 6.64. The second kappa shape index (κ2) is 6.17. The van der Waals surface area contributed by atoms with Crippen molar-refractivity contribution in [2.75, 3.05) is 6.54 Å². The molecule has 0 radical (unpaired) electrons. The lowest BCUT2D eigenvalue weighted by atomic mass is 9.98. The molecule has 0 saturated heterocycles. The van der Waals surface area contributed by atoms with Crippen molar-refractivity contribution in [3.63, 3.8) is 0 Å². The summed E-state index contributed by atoms with van der Waals surface area (Å²) in [5, 5.41) is 0. The average Bonchev–Trinajstić information content (AvgIpc) is 2.95. The van der Waals surface area contributed by atoms with Gasteiger partial charge in [-0.25, -0.2) is 4.98 Å². The molecule has 120 valence electrons. The zero-order valence-corrected chi connectivity index (χ0v) is 14.4. The predicted molar refractivity (Wildman–Crippen MR) is 96.9 cm³/mol. The largest absolute Gasteiger partial charge is 0.330 e. The van der Waals surface area contributed by atoms with Crippen molar-refractivity contribution in [3.8, 4) is 11.3 Å². The molecular formula is C20H25N3. The molecule has 0 aliphatic rings. The minimum atomic E-state index is 0.256. The van der Waals surface area contributed by atoms with Crippen molar-refractivity contribution in [3.05, 3.63) is 59.4 Å². The summed E-state index contributed by atoms with van der Waals surface area (Å²) in [4.78, 5) is 4.93. The third kappa shape index (κ3) is 2.77. The van der Waals surface area contributed by atoms with Crippen LogP contribution in [-0.4, -0.2) is 15.9 Å².